The second kappa shape index (κ2) is 5.05. The lowest BCUT2D eigenvalue weighted by Crippen LogP contribution is -2.62. The summed E-state index contributed by atoms with van der Waals surface area (Å²) in [6.07, 6.45) is 0.583. The van der Waals surface area contributed by atoms with Gasteiger partial charge in [0.15, 0.2) is 0 Å². The van der Waals surface area contributed by atoms with Crippen LogP contribution >= 0.6 is 27.3 Å². The van der Waals surface area contributed by atoms with Crippen molar-refractivity contribution < 1.29 is 14.4 Å². The van der Waals surface area contributed by atoms with Crippen molar-refractivity contribution in [1.29, 1.82) is 0 Å². The number of nitrogens with zero attached hydrogens (tertiary/aromatic N) is 1. The van der Waals surface area contributed by atoms with Crippen molar-refractivity contribution >= 4 is 45.1 Å². The molecule has 102 valence electrons. The molecule has 1 fully saturated rings. The van der Waals surface area contributed by atoms with Crippen LogP contribution in [0.4, 0.5) is 4.79 Å². The Hall–Kier alpha value is -1.21. The molecule has 1 N–H and O–H groups in total. The van der Waals surface area contributed by atoms with E-state index in [4.69, 9.17) is 0 Å². The van der Waals surface area contributed by atoms with E-state index in [0.29, 0.717) is 6.42 Å². The van der Waals surface area contributed by atoms with Crippen LogP contribution in [-0.4, -0.2) is 29.3 Å². The van der Waals surface area contributed by atoms with Gasteiger partial charge in [0.25, 0.3) is 0 Å². The Morgan fingerprint density at radius 2 is 2.00 bits per heavy atom. The first kappa shape index (κ1) is 14.2. The van der Waals surface area contributed by atoms with E-state index in [1.807, 2.05) is 12.1 Å². The zero-order valence-electron chi connectivity index (χ0n) is 10.5. The van der Waals surface area contributed by atoms with Gasteiger partial charge in [-0.25, -0.2) is 4.79 Å². The molecule has 1 saturated heterocycles. The number of carbonyl (C=O) groups excluding carboxylic acids is 3. The second-order valence-electron chi connectivity index (χ2n) is 4.80. The molecule has 0 aromatic carbocycles. The molecule has 5 nitrogen and oxygen atoms in total. The van der Waals surface area contributed by atoms with E-state index in [1.54, 1.807) is 11.3 Å². The average Bonchev–Trinajstić information content (AvgIpc) is 2.73. The van der Waals surface area contributed by atoms with E-state index < -0.39 is 23.3 Å². The van der Waals surface area contributed by atoms with Gasteiger partial charge >= 0.3 is 6.03 Å². The van der Waals surface area contributed by atoms with Crippen molar-refractivity contribution in [3.63, 3.8) is 0 Å². The Balaban J connectivity index is 2.09. The minimum Gasteiger partial charge on any atom is -0.277 e. The molecule has 0 spiro atoms. The van der Waals surface area contributed by atoms with Crippen LogP contribution in [0.25, 0.3) is 0 Å². The Kier molecular flexibility index (Phi) is 3.78. The van der Waals surface area contributed by atoms with Gasteiger partial charge in [-0.05, 0) is 41.9 Å². The Bertz CT molecular complexity index is 553. The highest BCUT2D eigenvalue weighted by Crippen LogP contribution is 2.25. The summed E-state index contributed by atoms with van der Waals surface area (Å²) in [6, 6.07) is 3.23. The molecule has 0 radical (unpaired) electrons. The number of urea groups is 1. The topological polar surface area (TPSA) is 66.5 Å². The average molecular weight is 345 g/mol. The second-order valence-corrected chi connectivity index (χ2v) is 7.34. The van der Waals surface area contributed by atoms with Crippen LogP contribution in [0.1, 0.15) is 18.7 Å². The van der Waals surface area contributed by atoms with Crippen molar-refractivity contribution in [3.8, 4) is 0 Å². The van der Waals surface area contributed by atoms with Crippen molar-refractivity contribution in [3.05, 3.63) is 20.8 Å². The number of rotatable bonds is 3. The lowest BCUT2D eigenvalue weighted by molar-refractivity contribution is -0.148. The van der Waals surface area contributed by atoms with Gasteiger partial charge in [0.05, 0.1) is 3.79 Å². The summed E-state index contributed by atoms with van der Waals surface area (Å²) in [5.74, 6) is -0.991. The first-order valence-electron chi connectivity index (χ1n) is 5.74. The molecule has 2 heterocycles. The molecule has 0 atom stereocenters. The quantitative estimate of drug-likeness (QED) is 0.854. The standard InChI is InChI=1S/C12H13BrN2O3S/c1-12(2)9(16)14-11(18)15(10(12)17)6-5-7-3-4-8(13)19-7/h3-4H,5-6H2,1-2H3,(H,14,16,18). The Morgan fingerprint density at radius 3 is 2.58 bits per heavy atom. The number of imide groups is 2. The molecular formula is C12H13BrN2O3S. The maximum Gasteiger partial charge on any atom is 0.330 e. The number of barbiturate groups is 1. The Labute approximate surface area is 123 Å². The molecule has 1 aromatic heterocycles. The number of hydrogen-bond acceptors (Lipinski definition) is 4. The highest BCUT2D eigenvalue weighted by Gasteiger charge is 2.46. The molecule has 0 saturated carbocycles. The molecule has 7 heteroatoms. The van der Waals surface area contributed by atoms with Crippen molar-refractivity contribution in [2.24, 2.45) is 5.41 Å². The van der Waals surface area contributed by atoms with Crippen LogP contribution in [-0.2, 0) is 16.0 Å². The summed E-state index contributed by atoms with van der Waals surface area (Å²) < 4.78 is 1.01. The first-order valence-corrected chi connectivity index (χ1v) is 7.35. The summed E-state index contributed by atoms with van der Waals surface area (Å²) in [7, 11) is 0. The molecule has 0 unspecified atom stereocenters. The largest absolute Gasteiger partial charge is 0.330 e. The summed E-state index contributed by atoms with van der Waals surface area (Å²) in [4.78, 5) is 37.6. The molecule has 1 aromatic rings. The van der Waals surface area contributed by atoms with E-state index >= 15 is 0 Å². The molecular weight excluding hydrogens is 332 g/mol. The Morgan fingerprint density at radius 1 is 1.32 bits per heavy atom. The number of hydrogen-bond donors (Lipinski definition) is 1. The van der Waals surface area contributed by atoms with E-state index in [-0.39, 0.29) is 6.54 Å². The van der Waals surface area contributed by atoms with Crippen molar-refractivity contribution in [2.75, 3.05) is 6.54 Å². The van der Waals surface area contributed by atoms with Gasteiger partial charge in [-0.2, -0.15) is 0 Å². The lowest BCUT2D eigenvalue weighted by atomic mass is 9.89. The fourth-order valence-electron chi connectivity index (χ4n) is 1.76. The third-order valence-corrected chi connectivity index (χ3v) is 4.71. The molecule has 4 amide bonds. The minimum atomic E-state index is -1.19. The maximum atomic E-state index is 12.1. The predicted octanol–water partition coefficient (Wildman–Crippen LogP) is 2.16. The SMILES string of the molecule is CC1(C)C(=O)NC(=O)N(CCc2ccc(Br)s2)C1=O. The predicted molar refractivity (Wildman–Crippen MR) is 74.8 cm³/mol. The zero-order chi connectivity index (χ0) is 14.2. The minimum absolute atomic E-state index is 0.272. The van der Waals surface area contributed by atoms with Gasteiger partial charge in [0.1, 0.15) is 5.41 Å². The molecule has 2 rings (SSSR count). The summed E-state index contributed by atoms with van der Waals surface area (Å²) in [5.41, 5.74) is -1.19. The lowest BCUT2D eigenvalue weighted by Gasteiger charge is -2.34. The number of carbonyl (C=O) groups is 3. The summed E-state index contributed by atoms with van der Waals surface area (Å²) in [6.45, 7) is 3.31. The fraction of sp³-hybridized carbons (Fsp3) is 0.417. The molecule has 1 aliphatic rings. The third kappa shape index (κ3) is 2.71. The van der Waals surface area contributed by atoms with Crippen molar-refractivity contribution in [2.45, 2.75) is 20.3 Å². The highest BCUT2D eigenvalue weighted by molar-refractivity contribution is 9.11. The van der Waals surface area contributed by atoms with E-state index in [9.17, 15) is 14.4 Å². The monoisotopic (exact) mass is 344 g/mol. The van der Waals surface area contributed by atoms with E-state index in [1.165, 1.54) is 13.8 Å². The number of thiophene rings is 1. The normalized spacial score (nSPS) is 18.7. The van der Waals surface area contributed by atoms with E-state index in [2.05, 4.69) is 21.2 Å². The van der Waals surface area contributed by atoms with Gasteiger partial charge in [-0.3, -0.25) is 19.8 Å². The van der Waals surface area contributed by atoms with Crippen molar-refractivity contribution in [1.82, 2.24) is 10.2 Å². The molecule has 19 heavy (non-hydrogen) atoms. The smallest absolute Gasteiger partial charge is 0.277 e. The van der Waals surface area contributed by atoms with Crippen LogP contribution in [0.15, 0.2) is 15.9 Å². The maximum absolute atomic E-state index is 12.1. The highest BCUT2D eigenvalue weighted by atomic mass is 79.9. The molecule has 1 aliphatic heterocycles. The van der Waals surface area contributed by atoms with Crippen LogP contribution in [0, 0.1) is 5.41 Å². The van der Waals surface area contributed by atoms with Gasteiger partial charge in [0, 0.05) is 17.8 Å². The van der Waals surface area contributed by atoms with Crippen LogP contribution in [0.3, 0.4) is 0 Å². The zero-order valence-corrected chi connectivity index (χ0v) is 12.9. The molecule has 0 aliphatic carbocycles. The first-order chi connectivity index (χ1) is 8.82. The van der Waals surface area contributed by atoms with Gasteiger partial charge < -0.3 is 0 Å². The van der Waals surface area contributed by atoms with Gasteiger partial charge in [0.2, 0.25) is 11.8 Å². The van der Waals surface area contributed by atoms with Crippen LogP contribution < -0.4 is 5.32 Å². The van der Waals surface area contributed by atoms with Crippen LogP contribution in [0.2, 0.25) is 0 Å². The number of halogens is 1. The van der Waals surface area contributed by atoms with Crippen LogP contribution in [0.5, 0.6) is 0 Å². The van der Waals surface area contributed by atoms with Gasteiger partial charge in [-0.15, -0.1) is 11.3 Å². The fourth-order valence-corrected chi connectivity index (χ4v) is 3.23. The van der Waals surface area contributed by atoms with Gasteiger partial charge in [-0.1, -0.05) is 0 Å². The van der Waals surface area contributed by atoms with E-state index in [0.717, 1.165) is 13.6 Å². The summed E-state index contributed by atoms with van der Waals surface area (Å²) >= 11 is 4.92. The number of nitrogens with one attached hydrogen (secondary N) is 1. The number of amides is 4. The molecule has 0 bridgehead atoms. The summed E-state index contributed by atoms with van der Waals surface area (Å²) in [5, 5.41) is 2.21. The third-order valence-electron chi connectivity index (χ3n) is 3.02.